The minimum Gasteiger partial charge on any atom is -0.360 e. The van der Waals surface area contributed by atoms with E-state index in [1.165, 1.54) is 22.3 Å². The van der Waals surface area contributed by atoms with Crippen LogP contribution in [0.25, 0.3) is 0 Å². The summed E-state index contributed by atoms with van der Waals surface area (Å²) < 4.78 is 0. The third-order valence-electron chi connectivity index (χ3n) is 16.2. The summed E-state index contributed by atoms with van der Waals surface area (Å²) >= 11 is 0. The van der Waals surface area contributed by atoms with E-state index in [1.807, 2.05) is 0 Å². The van der Waals surface area contributed by atoms with E-state index in [0.29, 0.717) is 0 Å². The van der Waals surface area contributed by atoms with E-state index in [0.717, 1.165) is 56.7 Å². The predicted octanol–water partition coefficient (Wildman–Crippen LogP) is 14.6. The van der Waals surface area contributed by atoms with Crippen LogP contribution in [0, 0.1) is 0 Å². The zero-order chi connectivity index (χ0) is 46.8. The van der Waals surface area contributed by atoms with Gasteiger partial charge in [0.1, 0.15) is 5.41 Å². The van der Waals surface area contributed by atoms with Gasteiger partial charge in [-0.1, -0.05) is 210 Å². The van der Waals surface area contributed by atoms with Gasteiger partial charge in [0.05, 0.1) is 10.8 Å². The molecule has 4 heteroatoms. The van der Waals surface area contributed by atoms with Crippen molar-refractivity contribution in [3.8, 4) is 0 Å². The van der Waals surface area contributed by atoms with Gasteiger partial charge in [0, 0.05) is 61.8 Å². The van der Waals surface area contributed by atoms with E-state index in [9.17, 15) is 0 Å². The van der Waals surface area contributed by atoms with Crippen LogP contribution >= 0.6 is 0 Å². The SMILES string of the molecule is CC1(C)c2ccc([nH]2)C(c2ccccc2)(c2ccccc2)C(C)(C)c2ccc([nH]2)C(c2ccccc2)(c2ccccc2)c2ccc([nH]2)C(C)(C)C(c2ccccc2)(c2ccccc2)c2ccc1[nH]2. The third-order valence-corrected chi connectivity index (χ3v) is 16.2. The molecule has 6 aromatic carbocycles. The summed E-state index contributed by atoms with van der Waals surface area (Å²) in [6, 6.07) is 85.2. The van der Waals surface area contributed by atoms with Crippen LogP contribution in [-0.4, -0.2) is 19.9 Å². The molecule has 0 radical (unpaired) electrons. The molecule has 0 spiro atoms. The van der Waals surface area contributed by atoms with E-state index < -0.39 is 32.5 Å². The van der Waals surface area contributed by atoms with Crippen LogP contribution in [0.3, 0.4) is 0 Å². The number of hydrogen-bond donors (Lipinski definition) is 4. The largest absolute Gasteiger partial charge is 0.360 e. The lowest BCUT2D eigenvalue weighted by Crippen LogP contribution is -2.48. The van der Waals surface area contributed by atoms with E-state index in [2.05, 4.69) is 292 Å². The van der Waals surface area contributed by atoms with Crippen LogP contribution in [0.15, 0.2) is 231 Å². The van der Waals surface area contributed by atoms with E-state index in [4.69, 9.17) is 0 Å². The second kappa shape index (κ2) is 16.1. The Kier molecular flexibility index (Phi) is 10.2. The molecule has 1 aliphatic rings. The zero-order valence-electron chi connectivity index (χ0n) is 39.9. The average molecular weight is 885 g/mol. The smallest absolute Gasteiger partial charge is 0.100 e. The molecule has 4 nitrogen and oxygen atoms in total. The first-order valence-corrected chi connectivity index (χ1v) is 24.1. The van der Waals surface area contributed by atoms with Crippen molar-refractivity contribution in [1.29, 1.82) is 0 Å². The first kappa shape index (κ1) is 43.0. The van der Waals surface area contributed by atoms with Gasteiger partial charge in [-0.3, -0.25) is 0 Å². The molecule has 0 unspecified atom stereocenters. The first-order valence-electron chi connectivity index (χ1n) is 24.1. The van der Waals surface area contributed by atoms with E-state index >= 15 is 0 Å². The number of H-pyrrole nitrogens is 4. The van der Waals surface area contributed by atoms with Crippen molar-refractivity contribution in [3.63, 3.8) is 0 Å². The quantitative estimate of drug-likeness (QED) is 0.129. The molecule has 0 fully saturated rings. The van der Waals surface area contributed by atoms with E-state index in [-0.39, 0.29) is 0 Å². The molecule has 0 atom stereocenters. The Morgan fingerprint density at radius 1 is 0.221 bits per heavy atom. The average Bonchev–Trinajstić information content (AvgIpc) is 4.24. The molecule has 0 aliphatic carbocycles. The van der Waals surface area contributed by atoms with Crippen molar-refractivity contribution in [2.75, 3.05) is 0 Å². The Morgan fingerprint density at radius 3 is 0.735 bits per heavy atom. The molecule has 11 rings (SSSR count). The van der Waals surface area contributed by atoms with Crippen LogP contribution in [0.2, 0.25) is 0 Å². The van der Waals surface area contributed by atoms with Gasteiger partial charge in [0.25, 0.3) is 0 Å². The third kappa shape index (κ3) is 6.06. The molecule has 68 heavy (non-hydrogen) atoms. The summed E-state index contributed by atoms with van der Waals surface area (Å²) in [5.41, 5.74) is 12.4. The zero-order valence-corrected chi connectivity index (χ0v) is 39.9. The van der Waals surface area contributed by atoms with Gasteiger partial charge in [0.2, 0.25) is 0 Å². The van der Waals surface area contributed by atoms with Gasteiger partial charge in [-0.25, -0.2) is 0 Å². The fourth-order valence-corrected chi connectivity index (χ4v) is 12.6. The Morgan fingerprint density at radius 2 is 0.441 bits per heavy atom. The summed E-state index contributed by atoms with van der Waals surface area (Å²) in [7, 11) is 0. The second-order valence-electron chi connectivity index (χ2n) is 20.5. The highest BCUT2D eigenvalue weighted by Gasteiger charge is 2.55. The number of hydrogen-bond acceptors (Lipinski definition) is 0. The summed E-state index contributed by atoms with van der Waals surface area (Å²) in [5, 5.41) is 0. The highest BCUT2D eigenvalue weighted by atomic mass is 14.9. The first-order chi connectivity index (χ1) is 33.0. The number of rotatable bonds is 6. The number of aromatic amines is 4. The molecule has 0 amide bonds. The predicted molar refractivity (Wildman–Crippen MR) is 279 cm³/mol. The normalized spacial score (nSPS) is 17.4. The van der Waals surface area contributed by atoms with Gasteiger partial charge >= 0.3 is 0 Å². The van der Waals surface area contributed by atoms with Crippen molar-refractivity contribution < 1.29 is 0 Å². The summed E-state index contributed by atoms with van der Waals surface area (Å²) in [6.45, 7) is 14.3. The summed E-state index contributed by atoms with van der Waals surface area (Å²) in [6.07, 6.45) is 0. The lowest BCUT2D eigenvalue weighted by atomic mass is 9.55. The van der Waals surface area contributed by atoms with Crippen LogP contribution in [0.4, 0.5) is 0 Å². The maximum absolute atomic E-state index is 4.26. The maximum atomic E-state index is 4.26. The highest BCUT2D eigenvalue weighted by Crippen LogP contribution is 2.57. The standard InChI is InChI=1S/C64H60N4/c1-59(2)51-37-43-57(65-51)63(47-29-17-9-18-30-47,48-31-19-10-20-32-48)60(3,4)53-39-41-55(67-53)62(45-25-13-7-14-26-45,46-27-15-8-16-28-46)56-42-40-54(68-56)61(5,6)64(49-33-21-11-22-34-49,50-35-23-12-24-36-50)58-44-38-52(59)66-58/h7-44,65-68H,1-6H3. The van der Waals surface area contributed by atoms with Crippen LogP contribution in [0.1, 0.15) is 120 Å². The molecule has 1 aliphatic heterocycles. The Bertz CT molecular complexity index is 2990. The minimum absolute atomic E-state index is 0.446. The Labute approximate surface area is 401 Å². The second-order valence-corrected chi connectivity index (χ2v) is 20.5. The minimum atomic E-state index is -0.774. The maximum Gasteiger partial charge on any atom is 0.100 e. The molecular formula is C64H60N4. The van der Waals surface area contributed by atoms with Crippen molar-refractivity contribution >= 4 is 0 Å². The van der Waals surface area contributed by atoms with Gasteiger partial charge in [-0.15, -0.1) is 0 Å². The number of benzene rings is 6. The van der Waals surface area contributed by atoms with Crippen molar-refractivity contribution in [2.24, 2.45) is 0 Å². The van der Waals surface area contributed by atoms with Gasteiger partial charge < -0.3 is 19.9 Å². The Hall–Kier alpha value is -7.56. The summed E-state index contributed by atoms with van der Waals surface area (Å²) in [4.78, 5) is 16.9. The monoisotopic (exact) mass is 884 g/mol. The summed E-state index contributed by atoms with van der Waals surface area (Å²) in [5.74, 6) is 0. The Balaban J connectivity index is 1.30. The number of nitrogens with one attached hydrogen (secondary N) is 4. The van der Waals surface area contributed by atoms with Gasteiger partial charge in [0.15, 0.2) is 0 Å². The van der Waals surface area contributed by atoms with Crippen LogP contribution in [-0.2, 0) is 32.5 Å². The van der Waals surface area contributed by atoms with Crippen LogP contribution in [0.5, 0.6) is 0 Å². The number of aromatic nitrogens is 4. The van der Waals surface area contributed by atoms with Gasteiger partial charge in [-0.2, -0.15) is 0 Å². The van der Waals surface area contributed by atoms with Crippen LogP contribution < -0.4 is 0 Å². The van der Waals surface area contributed by atoms with Crippen molar-refractivity contribution in [2.45, 2.75) is 74.0 Å². The fourth-order valence-electron chi connectivity index (χ4n) is 12.6. The lowest BCUT2D eigenvalue weighted by Gasteiger charge is -2.48. The van der Waals surface area contributed by atoms with Crippen molar-refractivity contribution in [3.05, 3.63) is 309 Å². The molecule has 0 saturated carbocycles. The molecule has 5 heterocycles. The van der Waals surface area contributed by atoms with Crippen molar-refractivity contribution in [1.82, 2.24) is 19.9 Å². The lowest BCUT2D eigenvalue weighted by molar-refractivity contribution is 0.339. The molecule has 10 aromatic rings. The van der Waals surface area contributed by atoms with E-state index in [1.54, 1.807) is 0 Å². The highest BCUT2D eigenvalue weighted by molar-refractivity contribution is 5.62. The fraction of sp³-hybridized carbons (Fsp3) is 0.188. The van der Waals surface area contributed by atoms with Gasteiger partial charge in [-0.05, 0) is 95.8 Å². The molecule has 4 aromatic heterocycles. The molecule has 336 valence electrons. The molecular weight excluding hydrogens is 825 g/mol. The molecule has 8 bridgehead atoms. The number of fused-ring (bicyclic) bond motifs is 8. The molecule has 4 N–H and O–H groups in total. The topological polar surface area (TPSA) is 63.2 Å². The molecule has 0 saturated heterocycles.